The van der Waals surface area contributed by atoms with Gasteiger partial charge < -0.3 is 10.1 Å². The number of nitrogens with zero attached hydrogens (tertiary/aromatic N) is 3. The van der Waals surface area contributed by atoms with Crippen LogP contribution in [0.2, 0.25) is 5.02 Å². The van der Waals surface area contributed by atoms with Gasteiger partial charge in [-0.2, -0.15) is 10.4 Å². The van der Waals surface area contributed by atoms with Crippen LogP contribution in [0.5, 0.6) is 0 Å². The quantitative estimate of drug-likeness (QED) is 0.286. The first-order chi connectivity index (χ1) is 17.0. The van der Waals surface area contributed by atoms with Crippen LogP contribution in [-0.4, -0.2) is 28.3 Å². The summed E-state index contributed by atoms with van der Waals surface area (Å²) in [6, 6.07) is 25.3. The Morgan fingerprint density at radius 2 is 1.83 bits per heavy atom. The summed E-state index contributed by atoms with van der Waals surface area (Å²) in [7, 11) is 0. The number of benzene rings is 3. The average Bonchev–Trinajstić information content (AvgIpc) is 3.31. The van der Waals surface area contributed by atoms with E-state index in [9.17, 15) is 9.59 Å². The van der Waals surface area contributed by atoms with Crippen LogP contribution < -0.4 is 5.32 Å². The van der Waals surface area contributed by atoms with Gasteiger partial charge in [-0.15, -0.1) is 0 Å². The molecule has 1 N–H and O–H groups in total. The van der Waals surface area contributed by atoms with Gasteiger partial charge in [0.25, 0.3) is 5.91 Å². The van der Waals surface area contributed by atoms with E-state index in [2.05, 4.69) is 10.4 Å². The highest BCUT2D eigenvalue weighted by Crippen LogP contribution is 2.26. The van der Waals surface area contributed by atoms with E-state index in [4.69, 9.17) is 21.6 Å². The zero-order valence-corrected chi connectivity index (χ0v) is 19.1. The van der Waals surface area contributed by atoms with Crippen LogP contribution in [0.4, 0.5) is 5.69 Å². The predicted molar refractivity (Wildman–Crippen MR) is 134 cm³/mol. The summed E-state index contributed by atoms with van der Waals surface area (Å²) in [6.45, 7) is -0.465. The molecule has 7 nitrogen and oxygen atoms in total. The van der Waals surface area contributed by atoms with Crippen molar-refractivity contribution in [2.75, 3.05) is 11.9 Å². The van der Waals surface area contributed by atoms with Crippen molar-refractivity contribution in [1.29, 1.82) is 5.26 Å². The summed E-state index contributed by atoms with van der Waals surface area (Å²) >= 11 is 6.02. The molecule has 3 aromatic carbocycles. The molecular formula is C27H19ClN4O3. The molecule has 1 amide bonds. The summed E-state index contributed by atoms with van der Waals surface area (Å²) in [6.07, 6.45) is 4.64. The Labute approximate surface area is 206 Å². The van der Waals surface area contributed by atoms with Crippen molar-refractivity contribution in [3.05, 3.63) is 107 Å². The molecular weight excluding hydrogens is 464 g/mol. The molecule has 8 heteroatoms. The molecule has 0 aliphatic carbocycles. The number of ether oxygens (including phenoxy) is 1. The molecule has 35 heavy (non-hydrogen) atoms. The Hall–Kier alpha value is -4.67. The van der Waals surface area contributed by atoms with Gasteiger partial charge in [-0.1, -0.05) is 48.0 Å². The lowest BCUT2D eigenvalue weighted by Gasteiger charge is -2.05. The van der Waals surface area contributed by atoms with Crippen LogP contribution >= 0.6 is 11.6 Å². The van der Waals surface area contributed by atoms with E-state index in [0.29, 0.717) is 27.5 Å². The fraction of sp³-hybridized carbons (Fsp3) is 0.0370. The number of amides is 1. The van der Waals surface area contributed by atoms with Crippen LogP contribution in [0, 0.1) is 11.3 Å². The molecule has 0 aliphatic heterocycles. The normalized spacial score (nSPS) is 10.6. The maximum atomic E-state index is 12.3. The molecule has 0 bridgehead atoms. The summed E-state index contributed by atoms with van der Waals surface area (Å²) in [5, 5.41) is 16.8. The number of carbonyl (C=O) groups is 2. The second kappa shape index (κ2) is 11.0. The van der Waals surface area contributed by atoms with Gasteiger partial charge in [-0.3, -0.25) is 4.79 Å². The van der Waals surface area contributed by atoms with E-state index in [1.165, 1.54) is 12.1 Å². The SMILES string of the molecule is N#Cc1cccc(NC(=O)COC(=O)/C=C/c2cn(-c3ccccc3)nc2-c2ccc(Cl)cc2)c1. The van der Waals surface area contributed by atoms with Gasteiger partial charge in [-0.25, -0.2) is 9.48 Å². The highest BCUT2D eigenvalue weighted by Gasteiger charge is 2.12. The largest absolute Gasteiger partial charge is 0.452 e. The number of aromatic nitrogens is 2. The number of hydrogen-bond donors (Lipinski definition) is 1. The maximum Gasteiger partial charge on any atom is 0.331 e. The third-order valence-electron chi connectivity index (χ3n) is 4.90. The molecule has 172 valence electrons. The summed E-state index contributed by atoms with van der Waals surface area (Å²) in [4.78, 5) is 24.4. The molecule has 1 aromatic heterocycles. The topological polar surface area (TPSA) is 97.0 Å². The number of rotatable bonds is 7. The Kier molecular flexibility index (Phi) is 7.36. The summed E-state index contributed by atoms with van der Waals surface area (Å²) < 4.78 is 6.78. The smallest absolute Gasteiger partial charge is 0.331 e. The molecule has 0 saturated carbocycles. The fourth-order valence-corrected chi connectivity index (χ4v) is 3.39. The summed E-state index contributed by atoms with van der Waals surface area (Å²) in [5.74, 6) is -1.19. The predicted octanol–water partition coefficient (Wildman–Crippen LogP) is 5.26. The minimum Gasteiger partial charge on any atom is -0.452 e. The first kappa shape index (κ1) is 23.5. The van der Waals surface area contributed by atoms with Gasteiger partial charge >= 0.3 is 5.97 Å². The van der Waals surface area contributed by atoms with Crippen molar-refractivity contribution in [3.63, 3.8) is 0 Å². The number of esters is 1. The molecule has 0 fully saturated rings. The second-order valence-corrected chi connectivity index (χ2v) is 7.84. The van der Waals surface area contributed by atoms with Gasteiger partial charge in [0.1, 0.15) is 0 Å². The fourth-order valence-electron chi connectivity index (χ4n) is 3.26. The minimum absolute atomic E-state index is 0.412. The van der Waals surface area contributed by atoms with Gasteiger partial charge in [0.05, 0.1) is 23.0 Å². The zero-order valence-electron chi connectivity index (χ0n) is 18.4. The van der Waals surface area contributed by atoms with E-state index in [0.717, 1.165) is 11.3 Å². The second-order valence-electron chi connectivity index (χ2n) is 7.40. The Balaban J connectivity index is 1.46. The van der Waals surface area contributed by atoms with Crippen LogP contribution in [0.15, 0.2) is 91.1 Å². The monoisotopic (exact) mass is 482 g/mol. The van der Waals surface area contributed by atoms with Crippen molar-refractivity contribution in [2.24, 2.45) is 0 Å². The highest BCUT2D eigenvalue weighted by molar-refractivity contribution is 6.30. The molecule has 0 atom stereocenters. The number of para-hydroxylation sites is 1. The molecule has 0 aliphatic rings. The van der Waals surface area contributed by atoms with Gasteiger partial charge in [0.15, 0.2) is 6.61 Å². The van der Waals surface area contributed by atoms with E-state index >= 15 is 0 Å². The summed E-state index contributed by atoms with van der Waals surface area (Å²) in [5.41, 5.74) is 3.89. The lowest BCUT2D eigenvalue weighted by Crippen LogP contribution is -2.20. The van der Waals surface area contributed by atoms with Crippen molar-refractivity contribution in [2.45, 2.75) is 0 Å². The minimum atomic E-state index is -0.680. The third-order valence-corrected chi connectivity index (χ3v) is 5.15. The Bertz CT molecular complexity index is 1420. The van der Waals surface area contributed by atoms with Gasteiger partial charge in [0, 0.05) is 34.1 Å². The van der Waals surface area contributed by atoms with E-state index in [1.54, 1.807) is 47.3 Å². The number of nitrogens with one attached hydrogen (secondary N) is 1. The number of anilines is 1. The molecule has 4 rings (SSSR count). The molecule has 0 spiro atoms. The molecule has 0 unspecified atom stereocenters. The lowest BCUT2D eigenvalue weighted by molar-refractivity contribution is -0.142. The third kappa shape index (κ3) is 6.22. The first-order valence-electron chi connectivity index (χ1n) is 10.6. The van der Waals surface area contributed by atoms with E-state index < -0.39 is 18.5 Å². The lowest BCUT2D eigenvalue weighted by atomic mass is 10.1. The van der Waals surface area contributed by atoms with Gasteiger partial charge in [-0.05, 0) is 48.5 Å². The molecule has 0 saturated heterocycles. The van der Waals surface area contributed by atoms with Crippen molar-refractivity contribution in [3.8, 4) is 23.0 Å². The van der Waals surface area contributed by atoms with Crippen LogP contribution in [0.3, 0.4) is 0 Å². The number of nitriles is 1. The van der Waals surface area contributed by atoms with Gasteiger partial charge in [0.2, 0.25) is 0 Å². The van der Waals surface area contributed by atoms with Crippen LogP contribution in [-0.2, 0) is 14.3 Å². The molecule has 1 heterocycles. The Morgan fingerprint density at radius 3 is 2.57 bits per heavy atom. The molecule has 4 aromatic rings. The average molecular weight is 483 g/mol. The first-order valence-corrected chi connectivity index (χ1v) is 11.0. The van der Waals surface area contributed by atoms with Crippen LogP contribution in [0.25, 0.3) is 23.0 Å². The van der Waals surface area contributed by atoms with E-state index in [-0.39, 0.29) is 0 Å². The van der Waals surface area contributed by atoms with Crippen LogP contribution in [0.1, 0.15) is 11.1 Å². The zero-order chi connectivity index (χ0) is 24.6. The molecule has 0 radical (unpaired) electrons. The standard InChI is InChI=1S/C27H19ClN4O3/c28-22-12-9-20(10-13-22)27-21(17-32(31-27)24-7-2-1-3-8-24)11-14-26(34)35-18-25(33)30-23-6-4-5-19(15-23)16-29/h1-15,17H,18H2,(H,30,33)/b14-11+. The van der Waals surface area contributed by atoms with E-state index in [1.807, 2.05) is 48.5 Å². The Morgan fingerprint density at radius 1 is 1.06 bits per heavy atom. The number of hydrogen-bond acceptors (Lipinski definition) is 5. The van der Waals surface area contributed by atoms with Crippen molar-refractivity contribution in [1.82, 2.24) is 9.78 Å². The van der Waals surface area contributed by atoms with Crippen molar-refractivity contribution < 1.29 is 14.3 Å². The number of halogens is 1. The number of carbonyl (C=O) groups excluding carboxylic acids is 2. The maximum absolute atomic E-state index is 12.3. The highest BCUT2D eigenvalue weighted by atomic mass is 35.5. The van der Waals surface area contributed by atoms with Crippen molar-refractivity contribution >= 4 is 35.2 Å².